The van der Waals surface area contributed by atoms with Gasteiger partial charge in [0, 0.05) is 12.1 Å². The largest absolute Gasteiger partial charge is 0.369 e. The molecule has 2 heterocycles. The first-order valence-electron chi connectivity index (χ1n) is 8.56. The maximum atomic E-state index is 13.4. The fourth-order valence-electron chi connectivity index (χ4n) is 3.47. The van der Waals surface area contributed by atoms with E-state index in [-0.39, 0.29) is 17.3 Å². The number of nitrogens with one attached hydrogen (secondary N) is 1. The third-order valence-corrected chi connectivity index (χ3v) is 4.73. The van der Waals surface area contributed by atoms with Crippen LogP contribution in [0.1, 0.15) is 28.4 Å². The summed E-state index contributed by atoms with van der Waals surface area (Å²) in [5.41, 5.74) is 9.15. The molecular formula is C20H19FN4O. The Hall–Kier alpha value is -2.99. The van der Waals surface area contributed by atoms with Crippen molar-refractivity contribution in [3.05, 3.63) is 93.2 Å². The van der Waals surface area contributed by atoms with E-state index in [1.54, 1.807) is 12.1 Å². The monoisotopic (exact) mass is 350 g/mol. The van der Waals surface area contributed by atoms with Crippen LogP contribution in [0.4, 0.5) is 10.3 Å². The molecule has 1 aliphatic heterocycles. The number of hydrogen-bond acceptors (Lipinski definition) is 4. The van der Waals surface area contributed by atoms with Gasteiger partial charge in [0.25, 0.3) is 5.56 Å². The Balaban J connectivity index is 1.95. The second-order valence-electron chi connectivity index (χ2n) is 6.36. The Bertz CT molecular complexity index is 983. The first kappa shape index (κ1) is 16.5. The lowest BCUT2D eigenvalue weighted by molar-refractivity contribution is 0.578. The van der Waals surface area contributed by atoms with Crippen molar-refractivity contribution in [3.8, 4) is 0 Å². The molecule has 1 atom stereocenters. The number of halogens is 1. The molecule has 0 radical (unpaired) electrons. The molecule has 1 aromatic heterocycles. The van der Waals surface area contributed by atoms with Crippen molar-refractivity contribution in [2.24, 2.45) is 0 Å². The fraction of sp³-hybridized carbons (Fsp3) is 0.200. The lowest BCUT2D eigenvalue weighted by Gasteiger charge is -2.25. The maximum absolute atomic E-state index is 13.4. The number of nitrogens with zero attached hydrogens (tertiary/aromatic N) is 2. The molecule has 0 saturated heterocycles. The normalized spacial score (nSPS) is 14.7. The molecule has 5 nitrogen and oxygen atoms in total. The van der Waals surface area contributed by atoms with E-state index >= 15 is 0 Å². The molecule has 0 bridgehead atoms. The summed E-state index contributed by atoms with van der Waals surface area (Å²) in [4.78, 5) is 17.7. The number of hydrogen-bond donors (Lipinski definition) is 2. The summed E-state index contributed by atoms with van der Waals surface area (Å²) in [7, 11) is 0. The zero-order chi connectivity index (χ0) is 18.1. The van der Waals surface area contributed by atoms with Gasteiger partial charge < -0.3 is 11.1 Å². The van der Waals surface area contributed by atoms with E-state index < -0.39 is 6.04 Å². The van der Waals surface area contributed by atoms with Gasteiger partial charge in [-0.15, -0.1) is 0 Å². The molecule has 132 valence electrons. The van der Waals surface area contributed by atoms with Crippen LogP contribution in [0.5, 0.6) is 0 Å². The van der Waals surface area contributed by atoms with Gasteiger partial charge in [-0.25, -0.2) is 9.37 Å². The molecule has 6 heteroatoms. The molecule has 3 aromatic rings. The second-order valence-corrected chi connectivity index (χ2v) is 6.36. The Labute approximate surface area is 150 Å². The highest BCUT2D eigenvalue weighted by atomic mass is 19.1. The topological polar surface area (TPSA) is 72.9 Å². The molecule has 26 heavy (non-hydrogen) atoms. The highest BCUT2D eigenvalue weighted by molar-refractivity contribution is 5.38. The van der Waals surface area contributed by atoms with Crippen molar-refractivity contribution in [2.75, 3.05) is 12.3 Å². The Kier molecular flexibility index (Phi) is 4.26. The Morgan fingerprint density at radius 2 is 1.77 bits per heavy atom. The number of nitrogen functional groups attached to an aromatic ring is 1. The average Bonchev–Trinajstić information content (AvgIpc) is 2.67. The fourth-order valence-corrected chi connectivity index (χ4v) is 3.47. The standard InChI is InChI=1S/C20H19FN4O/c21-15-8-6-14(7-9-15)18(13-4-2-1-3-5-13)25-19(26)16-10-11-23-12-17(16)24-20(25)22/h1-9,18,23H,10-12H2,(H2,22,24). The van der Waals surface area contributed by atoms with Crippen LogP contribution in [-0.2, 0) is 13.0 Å². The van der Waals surface area contributed by atoms with Gasteiger partial charge in [-0.05, 0) is 36.2 Å². The quantitative estimate of drug-likeness (QED) is 0.760. The van der Waals surface area contributed by atoms with E-state index in [4.69, 9.17) is 5.73 Å². The molecule has 0 aliphatic carbocycles. The van der Waals surface area contributed by atoms with Crippen molar-refractivity contribution in [1.82, 2.24) is 14.9 Å². The number of anilines is 1. The SMILES string of the molecule is Nc1nc2c(c(=O)n1C(c1ccccc1)c1ccc(F)cc1)CCNC2. The van der Waals surface area contributed by atoms with Crippen LogP contribution in [0.25, 0.3) is 0 Å². The first-order chi connectivity index (χ1) is 12.6. The van der Waals surface area contributed by atoms with Gasteiger partial charge in [-0.2, -0.15) is 0 Å². The summed E-state index contributed by atoms with van der Waals surface area (Å²) in [6.45, 7) is 1.28. The third kappa shape index (κ3) is 2.88. The molecule has 2 aromatic carbocycles. The summed E-state index contributed by atoms with van der Waals surface area (Å²) in [5, 5.41) is 3.21. The Morgan fingerprint density at radius 3 is 2.50 bits per heavy atom. The van der Waals surface area contributed by atoms with Crippen molar-refractivity contribution >= 4 is 5.95 Å². The minimum atomic E-state index is -0.461. The average molecular weight is 350 g/mol. The van der Waals surface area contributed by atoms with Gasteiger partial charge in [0.2, 0.25) is 5.95 Å². The van der Waals surface area contributed by atoms with Gasteiger partial charge >= 0.3 is 0 Å². The van der Waals surface area contributed by atoms with Gasteiger partial charge in [0.15, 0.2) is 0 Å². The van der Waals surface area contributed by atoms with Crippen LogP contribution in [0.3, 0.4) is 0 Å². The third-order valence-electron chi connectivity index (χ3n) is 4.73. The molecule has 1 aliphatic rings. The van der Waals surface area contributed by atoms with E-state index in [0.29, 0.717) is 24.2 Å². The van der Waals surface area contributed by atoms with Crippen LogP contribution in [0.15, 0.2) is 59.4 Å². The van der Waals surface area contributed by atoms with Crippen molar-refractivity contribution < 1.29 is 4.39 Å². The zero-order valence-electron chi connectivity index (χ0n) is 14.2. The van der Waals surface area contributed by atoms with Crippen molar-refractivity contribution in [3.63, 3.8) is 0 Å². The summed E-state index contributed by atoms with van der Waals surface area (Å²) in [6.07, 6.45) is 0.617. The van der Waals surface area contributed by atoms with Crippen LogP contribution < -0.4 is 16.6 Å². The minimum absolute atomic E-state index is 0.132. The molecule has 0 saturated carbocycles. The zero-order valence-corrected chi connectivity index (χ0v) is 14.2. The molecular weight excluding hydrogens is 331 g/mol. The lowest BCUT2D eigenvalue weighted by atomic mass is 9.97. The van der Waals surface area contributed by atoms with Gasteiger partial charge in [-0.1, -0.05) is 42.5 Å². The summed E-state index contributed by atoms with van der Waals surface area (Å²) in [6, 6.07) is 15.3. The van der Waals surface area contributed by atoms with Crippen LogP contribution >= 0.6 is 0 Å². The van der Waals surface area contributed by atoms with Crippen molar-refractivity contribution in [1.29, 1.82) is 0 Å². The van der Waals surface area contributed by atoms with E-state index in [2.05, 4.69) is 10.3 Å². The number of benzene rings is 2. The number of nitrogens with two attached hydrogens (primary N) is 1. The van der Waals surface area contributed by atoms with Crippen molar-refractivity contribution in [2.45, 2.75) is 19.0 Å². The van der Waals surface area contributed by atoms with Gasteiger partial charge in [-0.3, -0.25) is 9.36 Å². The van der Waals surface area contributed by atoms with Gasteiger partial charge in [0.1, 0.15) is 5.82 Å². The second kappa shape index (κ2) is 6.72. The first-order valence-corrected chi connectivity index (χ1v) is 8.56. The van der Waals surface area contributed by atoms with E-state index in [9.17, 15) is 9.18 Å². The molecule has 0 spiro atoms. The molecule has 1 unspecified atom stereocenters. The van der Waals surface area contributed by atoms with Gasteiger partial charge in [0.05, 0.1) is 11.7 Å². The highest BCUT2D eigenvalue weighted by Gasteiger charge is 2.25. The van der Waals surface area contributed by atoms with Crippen LogP contribution in [-0.4, -0.2) is 16.1 Å². The van der Waals surface area contributed by atoms with Crippen LogP contribution in [0, 0.1) is 5.82 Å². The smallest absolute Gasteiger partial charge is 0.259 e. The molecule has 3 N–H and O–H groups in total. The molecule has 0 fully saturated rings. The summed E-state index contributed by atoms with van der Waals surface area (Å²) in [5.74, 6) is -0.161. The van der Waals surface area contributed by atoms with E-state index in [1.165, 1.54) is 16.7 Å². The Morgan fingerprint density at radius 1 is 1.08 bits per heavy atom. The summed E-state index contributed by atoms with van der Waals surface area (Å²) < 4.78 is 14.9. The number of rotatable bonds is 3. The summed E-state index contributed by atoms with van der Waals surface area (Å²) >= 11 is 0. The highest BCUT2D eigenvalue weighted by Crippen LogP contribution is 2.28. The molecule has 4 rings (SSSR count). The maximum Gasteiger partial charge on any atom is 0.259 e. The predicted molar refractivity (Wildman–Crippen MR) is 98.4 cm³/mol. The van der Waals surface area contributed by atoms with Crippen LogP contribution in [0.2, 0.25) is 0 Å². The number of fused-ring (bicyclic) bond motifs is 1. The molecule has 0 amide bonds. The number of aromatic nitrogens is 2. The van der Waals surface area contributed by atoms with E-state index in [0.717, 1.165) is 17.7 Å². The predicted octanol–water partition coefficient (Wildman–Crippen LogP) is 2.25. The lowest BCUT2D eigenvalue weighted by Crippen LogP contribution is -2.38. The minimum Gasteiger partial charge on any atom is -0.369 e. The van der Waals surface area contributed by atoms with E-state index in [1.807, 2.05) is 30.3 Å².